The fourth-order valence-electron chi connectivity index (χ4n) is 2.83. The summed E-state index contributed by atoms with van der Waals surface area (Å²) in [5.74, 6) is 1.27. The van der Waals surface area contributed by atoms with Crippen LogP contribution in [0, 0.1) is 11.8 Å². The van der Waals surface area contributed by atoms with Gasteiger partial charge in [0.1, 0.15) is 0 Å². The lowest BCUT2D eigenvalue weighted by molar-refractivity contribution is -0.122. The predicted molar refractivity (Wildman–Crippen MR) is 78.0 cm³/mol. The topological polar surface area (TPSA) is 45.2 Å². The van der Waals surface area contributed by atoms with Gasteiger partial charge in [-0.15, -0.1) is 0 Å². The Labute approximate surface area is 120 Å². The number of likely N-dealkylation sites (tertiary alicyclic amines) is 1. The monoisotopic (exact) mass is 273 g/mol. The van der Waals surface area contributed by atoms with Crippen molar-refractivity contribution in [3.63, 3.8) is 0 Å². The molecule has 1 N–H and O–H groups in total. The molecule has 0 spiro atoms. The fraction of sp³-hybridized carbons (Fsp3) is 0.625. The SMILES string of the molecule is O=C(NCC1CCN(Cc2cccnc2)CC1)C1CC1. The molecule has 1 saturated carbocycles. The molecule has 1 aliphatic heterocycles. The summed E-state index contributed by atoms with van der Waals surface area (Å²) in [5.41, 5.74) is 1.29. The third-order valence-electron chi connectivity index (χ3n) is 4.35. The van der Waals surface area contributed by atoms with Crippen LogP contribution in [0.15, 0.2) is 24.5 Å². The van der Waals surface area contributed by atoms with Crippen LogP contribution in [0.1, 0.15) is 31.2 Å². The molecule has 2 aliphatic rings. The molecule has 1 saturated heterocycles. The average Bonchev–Trinajstić information content (AvgIpc) is 3.32. The summed E-state index contributed by atoms with van der Waals surface area (Å²) in [6.45, 7) is 4.11. The molecule has 1 aromatic rings. The van der Waals surface area contributed by atoms with Crippen LogP contribution in [0.25, 0.3) is 0 Å². The second-order valence-corrected chi connectivity index (χ2v) is 6.10. The van der Waals surface area contributed by atoms with Crippen LogP contribution >= 0.6 is 0 Å². The number of piperidine rings is 1. The first-order valence-electron chi connectivity index (χ1n) is 7.70. The molecule has 0 aromatic carbocycles. The van der Waals surface area contributed by atoms with Gasteiger partial charge in [0.25, 0.3) is 0 Å². The zero-order chi connectivity index (χ0) is 13.8. The Morgan fingerprint density at radius 1 is 1.30 bits per heavy atom. The molecule has 0 unspecified atom stereocenters. The second kappa shape index (κ2) is 6.35. The van der Waals surface area contributed by atoms with E-state index in [1.165, 1.54) is 18.4 Å². The normalized spacial score (nSPS) is 20.8. The van der Waals surface area contributed by atoms with Crippen LogP contribution in [0.2, 0.25) is 0 Å². The quantitative estimate of drug-likeness (QED) is 0.890. The Hall–Kier alpha value is -1.42. The van der Waals surface area contributed by atoms with Crippen molar-refractivity contribution >= 4 is 5.91 Å². The second-order valence-electron chi connectivity index (χ2n) is 6.10. The number of carbonyl (C=O) groups is 1. The molecule has 1 aliphatic carbocycles. The van der Waals surface area contributed by atoms with Gasteiger partial charge in [-0.2, -0.15) is 0 Å². The van der Waals surface area contributed by atoms with Crippen molar-refractivity contribution in [1.82, 2.24) is 15.2 Å². The highest BCUT2D eigenvalue weighted by Gasteiger charge is 2.30. The third kappa shape index (κ3) is 3.79. The van der Waals surface area contributed by atoms with E-state index >= 15 is 0 Å². The van der Waals surface area contributed by atoms with Gasteiger partial charge in [0.15, 0.2) is 0 Å². The molecule has 20 heavy (non-hydrogen) atoms. The Morgan fingerprint density at radius 3 is 2.75 bits per heavy atom. The lowest BCUT2D eigenvalue weighted by Gasteiger charge is -2.32. The van der Waals surface area contributed by atoms with Gasteiger partial charge >= 0.3 is 0 Å². The number of hydrogen-bond acceptors (Lipinski definition) is 3. The maximum Gasteiger partial charge on any atom is 0.223 e. The molecule has 0 atom stereocenters. The molecular formula is C16H23N3O. The fourth-order valence-corrected chi connectivity index (χ4v) is 2.83. The average molecular weight is 273 g/mol. The molecule has 0 bridgehead atoms. The van der Waals surface area contributed by atoms with Crippen molar-refractivity contribution < 1.29 is 4.79 Å². The largest absolute Gasteiger partial charge is 0.356 e. The van der Waals surface area contributed by atoms with Crippen molar-refractivity contribution in [2.24, 2.45) is 11.8 Å². The standard InChI is InChI=1S/C16H23N3O/c20-16(15-3-4-15)18-11-13-5-8-19(9-6-13)12-14-2-1-7-17-10-14/h1-2,7,10,13,15H,3-6,8-9,11-12H2,(H,18,20). The van der Waals surface area contributed by atoms with Gasteiger partial charge in [-0.3, -0.25) is 14.7 Å². The Morgan fingerprint density at radius 2 is 2.10 bits per heavy atom. The first-order chi connectivity index (χ1) is 9.81. The summed E-state index contributed by atoms with van der Waals surface area (Å²) in [6, 6.07) is 4.13. The van der Waals surface area contributed by atoms with E-state index in [1.807, 2.05) is 18.5 Å². The number of carbonyl (C=O) groups excluding carboxylic acids is 1. The van der Waals surface area contributed by atoms with E-state index in [0.29, 0.717) is 11.8 Å². The van der Waals surface area contributed by atoms with Crippen molar-refractivity contribution in [2.75, 3.05) is 19.6 Å². The summed E-state index contributed by atoms with van der Waals surface area (Å²) in [5, 5.41) is 3.11. The van der Waals surface area contributed by atoms with Crippen molar-refractivity contribution in [3.05, 3.63) is 30.1 Å². The van der Waals surface area contributed by atoms with E-state index in [1.54, 1.807) is 0 Å². The van der Waals surface area contributed by atoms with Gasteiger partial charge in [0.2, 0.25) is 5.91 Å². The van der Waals surface area contributed by atoms with Crippen LogP contribution in [-0.4, -0.2) is 35.4 Å². The number of rotatable bonds is 5. The molecular weight excluding hydrogens is 250 g/mol. The number of hydrogen-bond donors (Lipinski definition) is 1. The van der Waals surface area contributed by atoms with Gasteiger partial charge in [-0.1, -0.05) is 6.07 Å². The molecule has 4 nitrogen and oxygen atoms in total. The molecule has 0 radical (unpaired) electrons. The van der Waals surface area contributed by atoms with E-state index in [2.05, 4.69) is 21.3 Å². The summed E-state index contributed by atoms with van der Waals surface area (Å²) in [4.78, 5) is 18.3. The molecule has 1 amide bonds. The van der Waals surface area contributed by atoms with Crippen molar-refractivity contribution in [2.45, 2.75) is 32.2 Å². The number of pyridine rings is 1. The van der Waals surface area contributed by atoms with E-state index in [9.17, 15) is 4.79 Å². The smallest absolute Gasteiger partial charge is 0.223 e. The van der Waals surface area contributed by atoms with Crippen LogP contribution in [0.5, 0.6) is 0 Å². The van der Waals surface area contributed by atoms with Crippen molar-refractivity contribution in [3.8, 4) is 0 Å². The van der Waals surface area contributed by atoms with Gasteiger partial charge in [0, 0.05) is 31.4 Å². The molecule has 4 heteroatoms. The molecule has 2 fully saturated rings. The molecule has 2 heterocycles. The summed E-state index contributed by atoms with van der Waals surface area (Å²) in [7, 11) is 0. The van der Waals surface area contributed by atoms with Crippen LogP contribution in [-0.2, 0) is 11.3 Å². The highest BCUT2D eigenvalue weighted by molar-refractivity contribution is 5.80. The van der Waals surface area contributed by atoms with Gasteiger partial charge in [-0.25, -0.2) is 0 Å². The predicted octanol–water partition coefficient (Wildman–Crippen LogP) is 1.82. The van der Waals surface area contributed by atoms with E-state index in [4.69, 9.17) is 0 Å². The zero-order valence-electron chi connectivity index (χ0n) is 11.9. The lowest BCUT2D eigenvalue weighted by Crippen LogP contribution is -2.38. The number of aromatic nitrogens is 1. The van der Waals surface area contributed by atoms with E-state index in [0.717, 1.165) is 39.0 Å². The molecule has 108 valence electrons. The van der Waals surface area contributed by atoms with Gasteiger partial charge in [-0.05, 0) is 56.3 Å². The van der Waals surface area contributed by atoms with Gasteiger partial charge < -0.3 is 5.32 Å². The Balaban J connectivity index is 1.37. The highest BCUT2D eigenvalue weighted by atomic mass is 16.2. The lowest BCUT2D eigenvalue weighted by atomic mass is 9.96. The Bertz CT molecular complexity index is 436. The first-order valence-corrected chi connectivity index (χ1v) is 7.70. The molecule has 3 rings (SSSR count). The van der Waals surface area contributed by atoms with E-state index in [-0.39, 0.29) is 5.91 Å². The minimum absolute atomic E-state index is 0.280. The summed E-state index contributed by atoms with van der Waals surface area (Å²) in [6.07, 6.45) is 8.32. The van der Waals surface area contributed by atoms with Gasteiger partial charge in [0.05, 0.1) is 0 Å². The minimum atomic E-state index is 0.280. The molecule has 1 aromatic heterocycles. The first kappa shape index (κ1) is 13.6. The van der Waals surface area contributed by atoms with Crippen molar-refractivity contribution in [1.29, 1.82) is 0 Å². The van der Waals surface area contributed by atoms with Crippen LogP contribution in [0.3, 0.4) is 0 Å². The highest BCUT2D eigenvalue weighted by Crippen LogP contribution is 2.29. The zero-order valence-corrected chi connectivity index (χ0v) is 11.9. The maximum absolute atomic E-state index is 11.6. The van der Waals surface area contributed by atoms with Crippen LogP contribution < -0.4 is 5.32 Å². The number of amides is 1. The number of nitrogens with zero attached hydrogens (tertiary/aromatic N) is 2. The summed E-state index contributed by atoms with van der Waals surface area (Å²) < 4.78 is 0. The van der Waals surface area contributed by atoms with Crippen LogP contribution in [0.4, 0.5) is 0 Å². The van der Waals surface area contributed by atoms with E-state index < -0.39 is 0 Å². The minimum Gasteiger partial charge on any atom is -0.356 e. The third-order valence-corrected chi connectivity index (χ3v) is 4.35. The maximum atomic E-state index is 11.6. The summed E-state index contributed by atoms with van der Waals surface area (Å²) >= 11 is 0. The number of nitrogens with one attached hydrogen (secondary N) is 1. The Kier molecular flexibility index (Phi) is 4.31.